The van der Waals surface area contributed by atoms with Crippen molar-refractivity contribution in [2.24, 2.45) is 0 Å². The summed E-state index contributed by atoms with van der Waals surface area (Å²) in [6.07, 6.45) is 1.54. The average molecular weight is 462 g/mol. The molecular formula is C18H20BrN7O3. The molecule has 4 atom stereocenters. The third-order valence-electron chi connectivity index (χ3n) is 5.29. The normalized spacial score (nSPS) is 27.1. The lowest BCUT2D eigenvalue weighted by atomic mass is 10.1. The van der Waals surface area contributed by atoms with Crippen molar-refractivity contribution in [2.45, 2.75) is 30.8 Å². The summed E-state index contributed by atoms with van der Waals surface area (Å²) in [6, 6.07) is 4.18. The van der Waals surface area contributed by atoms with Crippen molar-refractivity contribution in [1.29, 1.82) is 0 Å². The molecule has 5 heterocycles. The highest BCUT2D eigenvalue weighted by atomic mass is 79.9. The molecule has 3 aromatic heterocycles. The number of halogens is 1. The number of ether oxygens (including phenoxy) is 1. The highest BCUT2D eigenvalue weighted by Crippen LogP contribution is 2.30. The number of fused-ring (bicyclic) bond motifs is 1. The highest BCUT2D eigenvalue weighted by molar-refractivity contribution is 9.10. The first-order valence-electron chi connectivity index (χ1n) is 9.40. The van der Waals surface area contributed by atoms with Gasteiger partial charge in [-0.15, -0.1) is 0 Å². The maximum atomic E-state index is 10.1. The Morgan fingerprint density at radius 3 is 2.90 bits per heavy atom. The van der Waals surface area contributed by atoms with Crippen LogP contribution >= 0.6 is 15.9 Å². The van der Waals surface area contributed by atoms with Crippen LogP contribution in [0.25, 0.3) is 11.2 Å². The van der Waals surface area contributed by atoms with Crippen LogP contribution in [0.15, 0.2) is 29.1 Å². The van der Waals surface area contributed by atoms with Crippen LogP contribution in [0.5, 0.6) is 0 Å². The van der Waals surface area contributed by atoms with Gasteiger partial charge >= 0.3 is 0 Å². The fourth-order valence-corrected chi connectivity index (χ4v) is 4.00. The Kier molecular flexibility index (Phi) is 4.82. The van der Waals surface area contributed by atoms with Gasteiger partial charge in [0.25, 0.3) is 0 Å². The van der Waals surface area contributed by atoms with Gasteiger partial charge < -0.3 is 30.2 Å². The monoisotopic (exact) mass is 461 g/mol. The van der Waals surface area contributed by atoms with E-state index < -0.39 is 18.3 Å². The molecule has 0 spiro atoms. The lowest BCUT2D eigenvalue weighted by molar-refractivity contribution is 0.0188. The molecule has 10 nitrogen and oxygen atoms in total. The maximum absolute atomic E-state index is 10.1. The minimum atomic E-state index is -1.03. The van der Waals surface area contributed by atoms with Gasteiger partial charge in [0.05, 0.1) is 6.61 Å². The Morgan fingerprint density at radius 1 is 1.24 bits per heavy atom. The number of nitrogens with zero attached hydrogens (tertiary/aromatic N) is 5. The van der Waals surface area contributed by atoms with Crippen molar-refractivity contribution in [2.75, 3.05) is 29.9 Å². The van der Waals surface area contributed by atoms with E-state index in [1.54, 1.807) is 6.20 Å². The number of imidazole rings is 1. The number of H-pyrrole nitrogens is 1. The van der Waals surface area contributed by atoms with Gasteiger partial charge in [0.1, 0.15) is 41.8 Å². The number of nitrogens with one attached hydrogen (secondary N) is 2. The summed E-state index contributed by atoms with van der Waals surface area (Å²) in [6.45, 7) is 1.77. The van der Waals surface area contributed by atoms with Gasteiger partial charge in [-0.05, 0) is 34.5 Å². The molecule has 5 rings (SSSR count). The van der Waals surface area contributed by atoms with Gasteiger partial charge in [-0.2, -0.15) is 0 Å². The summed E-state index contributed by atoms with van der Waals surface area (Å²) in [5, 5.41) is 23.3. The minimum absolute atomic E-state index is 0.0711. The zero-order valence-corrected chi connectivity index (χ0v) is 16.9. The quantitative estimate of drug-likeness (QED) is 0.448. The fraction of sp³-hybridized carbons (Fsp3) is 0.444. The second kappa shape index (κ2) is 7.48. The van der Waals surface area contributed by atoms with Crippen LogP contribution in [0.4, 0.5) is 11.6 Å². The SMILES string of the molecule is OC1COC(c2nc3ncnc(N[C@H]4CCN(c5ccc(Br)cn5)C4)c3[nH]2)C1O. The summed E-state index contributed by atoms with van der Waals surface area (Å²) in [7, 11) is 0. The Hall–Kier alpha value is -2.34. The van der Waals surface area contributed by atoms with Crippen LogP contribution in [0.1, 0.15) is 18.3 Å². The van der Waals surface area contributed by atoms with E-state index in [9.17, 15) is 10.2 Å². The van der Waals surface area contributed by atoms with Gasteiger partial charge in [-0.1, -0.05) is 0 Å². The van der Waals surface area contributed by atoms with E-state index in [-0.39, 0.29) is 12.6 Å². The first-order chi connectivity index (χ1) is 14.1. The van der Waals surface area contributed by atoms with Crippen LogP contribution in [-0.2, 0) is 4.74 Å². The maximum Gasteiger partial charge on any atom is 0.183 e. The van der Waals surface area contributed by atoms with Crippen LogP contribution in [0.2, 0.25) is 0 Å². The second-order valence-electron chi connectivity index (χ2n) is 7.27. The Bertz CT molecular complexity index is 1010. The number of anilines is 2. The molecule has 0 aromatic carbocycles. The number of aliphatic hydroxyl groups excluding tert-OH is 2. The Labute approximate surface area is 174 Å². The van der Waals surface area contributed by atoms with E-state index in [4.69, 9.17) is 4.74 Å². The summed E-state index contributed by atoms with van der Waals surface area (Å²) < 4.78 is 6.41. The van der Waals surface area contributed by atoms with Crippen LogP contribution in [0.3, 0.4) is 0 Å². The zero-order chi connectivity index (χ0) is 20.0. The molecule has 2 aliphatic rings. The molecule has 2 aliphatic heterocycles. The van der Waals surface area contributed by atoms with Crippen molar-refractivity contribution < 1.29 is 14.9 Å². The molecule has 4 N–H and O–H groups in total. The molecule has 29 heavy (non-hydrogen) atoms. The average Bonchev–Trinajstić information content (AvgIpc) is 3.43. The predicted octanol–water partition coefficient (Wildman–Crippen LogP) is 0.994. The van der Waals surface area contributed by atoms with Crippen molar-refractivity contribution >= 4 is 38.7 Å². The Morgan fingerprint density at radius 2 is 2.14 bits per heavy atom. The topological polar surface area (TPSA) is 132 Å². The first-order valence-corrected chi connectivity index (χ1v) is 10.2. The van der Waals surface area contributed by atoms with Crippen molar-refractivity contribution in [3.63, 3.8) is 0 Å². The number of hydrogen-bond acceptors (Lipinski definition) is 9. The number of rotatable bonds is 4. The zero-order valence-electron chi connectivity index (χ0n) is 15.4. The van der Waals surface area contributed by atoms with E-state index in [0.29, 0.717) is 22.8 Å². The van der Waals surface area contributed by atoms with Crippen molar-refractivity contribution in [3.05, 3.63) is 35.0 Å². The molecule has 0 bridgehead atoms. The van der Waals surface area contributed by atoms with E-state index in [1.807, 2.05) is 12.1 Å². The smallest absolute Gasteiger partial charge is 0.183 e. The first kappa shape index (κ1) is 18.7. The van der Waals surface area contributed by atoms with E-state index in [1.165, 1.54) is 6.33 Å². The molecule has 0 saturated carbocycles. The lowest BCUT2D eigenvalue weighted by Crippen LogP contribution is -2.27. The summed E-state index contributed by atoms with van der Waals surface area (Å²) in [5.41, 5.74) is 1.14. The third-order valence-corrected chi connectivity index (χ3v) is 5.76. The minimum Gasteiger partial charge on any atom is -0.388 e. The molecule has 11 heteroatoms. The van der Waals surface area contributed by atoms with Crippen LogP contribution in [-0.4, -0.2) is 73.1 Å². The molecule has 0 amide bonds. The van der Waals surface area contributed by atoms with Gasteiger partial charge in [0, 0.05) is 29.8 Å². The highest BCUT2D eigenvalue weighted by Gasteiger charge is 2.38. The molecule has 2 saturated heterocycles. The summed E-state index contributed by atoms with van der Waals surface area (Å²) in [4.78, 5) is 22.8. The largest absolute Gasteiger partial charge is 0.388 e. The molecule has 2 fully saturated rings. The molecular weight excluding hydrogens is 442 g/mol. The van der Waals surface area contributed by atoms with E-state index in [2.05, 4.69) is 51.1 Å². The van der Waals surface area contributed by atoms with Gasteiger partial charge in [-0.25, -0.2) is 19.9 Å². The van der Waals surface area contributed by atoms with Crippen molar-refractivity contribution in [3.8, 4) is 0 Å². The Balaban J connectivity index is 1.34. The standard InChI is InChI=1S/C18H20BrN7O3/c19-9-1-2-12(20-5-9)26-4-3-10(6-26)23-16-13-17(22-8-21-16)25-18(24-13)15-14(28)11(27)7-29-15/h1-2,5,8,10-11,14-15,27-28H,3-4,6-7H2,(H2,21,22,23,24,25)/t10-,11?,14?,15?/m0/s1. The molecule has 3 unspecified atom stereocenters. The molecule has 0 aliphatic carbocycles. The van der Waals surface area contributed by atoms with E-state index >= 15 is 0 Å². The number of pyridine rings is 1. The van der Waals surface area contributed by atoms with Gasteiger partial charge in [0.15, 0.2) is 11.5 Å². The molecule has 3 aromatic rings. The van der Waals surface area contributed by atoms with Crippen molar-refractivity contribution in [1.82, 2.24) is 24.9 Å². The second-order valence-corrected chi connectivity index (χ2v) is 8.18. The van der Waals surface area contributed by atoms with Gasteiger partial charge in [-0.3, -0.25) is 0 Å². The number of aromatic nitrogens is 5. The fourth-order valence-electron chi connectivity index (χ4n) is 3.77. The molecule has 0 radical (unpaired) electrons. The van der Waals surface area contributed by atoms with Gasteiger partial charge in [0.2, 0.25) is 0 Å². The summed E-state index contributed by atoms with van der Waals surface area (Å²) in [5.74, 6) is 2.03. The third kappa shape index (κ3) is 3.54. The van der Waals surface area contributed by atoms with E-state index in [0.717, 1.165) is 29.8 Å². The molecule has 152 valence electrons. The lowest BCUT2D eigenvalue weighted by Gasteiger charge is -2.18. The number of aliphatic hydroxyl groups is 2. The van der Waals surface area contributed by atoms with Crippen LogP contribution < -0.4 is 10.2 Å². The van der Waals surface area contributed by atoms with Crippen LogP contribution in [0, 0.1) is 0 Å². The predicted molar refractivity (Wildman–Crippen MR) is 109 cm³/mol. The summed E-state index contributed by atoms with van der Waals surface area (Å²) >= 11 is 3.41. The number of hydrogen-bond donors (Lipinski definition) is 4. The number of aromatic amines is 1.